The monoisotopic (exact) mass is 648 g/mol. The van der Waals surface area contributed by atoms with Crippen molar-refractivity contribution in [2.75, 3.05) is 27.8 Å². The van der Waals surface area contributed by atoms with E-state index in [1.165, 1.54) is 19.1 Å². The van der Waals surface area contributed by atoms with Crippen LogP contribution in [0.1, 0.15) is 78.9 Å². The molecule has 1 aromatic carbocycles. The second-order valence-corrected chi connectivity index (χ2v) is 12.8. The van der Waals surface area contributed by atoms with Crippen LogP contribution in [-0.4, -0.2) is 103 Å². The first kappa shape index (κ1) is 39.0. The number of primary amides is 1. The van der Waals surface area contributed by atoms with Gasteiger partial charge in [-0.1, -0.05) is 71.4 Å². The molecule has 9 atom stereocenters. The molecule has 4 N–H and O–H groups in total. The van der Waals surface area contributed by atoms with Gasteiger partial charge in [0.05, 0.1) is 48.8 Å². The summed E-state index contributed by atoms with van der Waals surface area (Å²) < 4.78 is 16.9. The van der Waals surface area contributed by atoms with Crippen LogP contribution < -0.4 is 11.1 Å². The van der Waals surface area contributed by atoms with E-state index in [0.29, 0.717) is 24.9 Å². The van der Waals surface area contributed by atoms with Crippen molar-refractivity contribution in [1.82, 2.24) is 15.1 Å². The zero-order valence-electron chi connectivity index (χ0n) is 29.0. The second-order valence-electron chi connectivity index (χ2n) is 12.8. The van der Waals surface area contributed by atoms with E-state index in [0.717, 1.165) is 6.42 Å². The number of rotatable bonds is 17. The molecule has 12 heteroatoms. The van der Waals surface area contributed by atoms with Gasteiger partial charge in [-0.3, -0.25) is 14.4 Å². The van der Waals surface area contributed by atoms with E-state index in [-0.39, 0.29) is 36.1 Å². The van der Waals surface area contributed by atoms with Crippen LogP contribution in [0.15, 0.2) is 30.3 Å². The maximum Gasteiger partial charge on any atom is 0.405 e. The molecule has 1 aromatic rings. The largest absolute Gasteiger partial charge is 0.436 e. The SMILES string of the molecule is CC[C@H](C)[C@@H]([C@@H](CC(=O)N1CCC[C@H]1[C@H](OC)[C@@H](C)C(=O)N[C@H](C)[C@@H](O)c1ccccc1)OC)N(C)C(=O)[C@@H](OC(N)=O)C(C)C. The normalized spacial score (nSPS) is 20.2. The molecule has 0 spiro atoms. The summed E-state index contributed by atoms with van der Waals surface area (Å²) in [6, 6.07) is 7.75. The number of hydrogen-bond acceptors (Lipinski definition) is 8. The number of carbonyl (C=O) groups excluding carboxylic acids is 4. The number of likely N-dealkylation sites (N-methyl/N-ethyl adjacent to an activating group) is 1. The number of methoxy groups -OCH3 is 2. The molecule has 0 aliphatic carbocycles. The molecule has 46 heavy (non-hydrogen) atoms. The van der Waals surface area contributed by atoms with Crippen molar-refractivity contribution in [3.63, 3.8) is 0 Å². The third-order valence-electron chi connectivity index (χ3n) is 9.34. The molecule has 1 heterocycles. The summed E-state index contributed by atoms with van der Waals surface area (Å²) in [5.41, 5.74) is 5.95. The van der Waals surface area contributed by atoms with E-state index in [1.54, 1.807) is 51.8 Å². The smallest absolute Gasteiger partial charge is 0.405 e. The van der Waals surface area contributed by atoms with Crippen LogP contribution in [-0.2, 0) is 28.6 Å². The lowest BCUT2D eigenvalue weighted by Gasteiger charge is -2.40. The number of hydrogen-bond donors (Lipinski definition) is 3. The average Bonchev–Trinajstić information content (AvgIpc) is 3.52. The van der Waals surface area contributed by atoms with Crippen molar-refractivity contribution >= 4 is 23.8 Å². The maximum atomic E-state index is 13.9. The molecular weight excluding hydrogens is 592 g/mol. The highest BCUT2D eigenvalue weighted by molar-refractivity contribution is 5.84. The Morgan fingerprint density at radius 1 is 1.07 bits per heavy atom. The Kier molecular flexibility index (Phi) is 15.4. The quantitative estimate of drug-likeness (QED) is 0.232. The van der Waals surface area contributed by atoms with Gasteiger partial charge < -0.3 is 40.2 Å². The first-order valence-electron chi connectivity index (χ1n) is 16.3. The average molecular weight is 649 g/mol. The highest BCUT2D eigenvalue weighted by Crippen LogP contribution is 2.30. The van der Waals surface area contributed by atoms with Crippen LogP contribution in [0.2, 0.25) is 0 Å². The van der Waals surface area contributed by atoms with E-state index in [1.807, 2.05) is 32.0 Å². The van der Waals surface area contributed by atoms with Crippen molar-refractivity contribution < 1.29 is 38.5 Å². The minimum atomic E-state index is -1.07. The van der Waals surface area contributed by atoms with Crippen LogP contribution in [0.25, 0.3) is 0 Å². The van der Waals surface area contributed by atoms with Crippen LogP contribution in [0.3, 0.4) is 0 Å². The Morgan fingerprint density at radius 3 is 2.22 bits per heavy atom. The van der Waals surface area contributed by atoms with Gasteiger partial charge in [0.25, 0.3) is 5.91 Å². The third kappa shape index (κ3) is 9.89. The number of ether oxygens (including phenoxy) is 3. The highest BCUT2D eigenvalue weighted by Gasteiger charge is 2.43. The second kappa shape index (κ2) is 18.2. The summed E-state index contributed by atoms with van der Waals surface area (Å²) in [4.78, 5) is 55.6. The van der Waals surface area contributed by atoms with Gasteiger partial charge in [-0.15, -0.1) is 0 Å². The molecule has 0 unspecified atom stereocenters. The summed E-state index contributed by atoms with van der Waals surface area (Å²) in [7, 11) is 4.68. The Bertz CT molecular complexity index is 1140. The Labute approximate surface area is 274 Å². The lowest BCUT2D eigenvalue weighted by atomic mass is 9.89. The van der Waals surface area contributed by atoms with Crippen LogP contribution in [0.5, 0.6) is 0 Å². The highest BCUT2D eigenvalue weighted by atomic mass is 16.6. The molecule has 0 saturated carbocycles. The maximum absolute atomic E-state index is 13.9. The summed E-state index contributed by atoms with van der Waals surface area (Å²) in [6.07, 6.45) is -2.10. The van der Waals surface area contributed by atoms with Gasteiger partial charge >= 0.3 is 6.09 Å². The summed E-state index contributed by atoms with van der Waals surface area (Å²) in [6.45, 7) is 11.5. The minimum absolute atomic E-state index is 0.0000374. The molecule has 1 saturated heterocycles. The van der Waals surface area contributed by atoms with Crippen molar-refractivity contribution in [1.29, 1.82) is 0 Å². The number of nitrogens with two attached hydrogens (primary N) is 1. The van der Waals surface area contributed by atoms with E-state index < -0.39 is 54.4 Å². The van der Waals surface area contributed by atoms with Gasteiger partial charge in [-0.25, -0.2) is 4.79 Å². The molecule has 4 amide bonds. The van der Waals surface area contributed by atoms with Crippen LogP contribution >= 0.6 is 0 Å². The Balaban J connectivity index is 2.21. The molecule has 1 aliphatic heterocycles. The molecule has 0 aromatic heterocycles. The topological polar surface area (TPSA) is 161 Å². The third-order valence-corrected chi connectivity index (χ3v) is 9.34. The fourth-order valence-corrected chi connectivity index (χ4v) is 6.48. The lowest BCUT2D eigenvalue weighted by molar-refractivity contribution is -0.151. The van der Waals surface area contributed by atoms with E-state index in [9.17, 15) is 24.3 Å². The van der Waals surface area contributed by atoms with Gasteiger partial charge in [-0.2, -0.15) is 0 Å². The van der Waals surface area contributed by atoms with Crippen LogP contribution in [0.4, 0.5) is 4.79 Å². The Hall–Kier alpha value is -3.22. The zero-order valence-corrected chi connectivity index (χ0v) is 29.0. The fourth-order valence-electron chi connectivity index (χ4n) is 6.48. The predicted molar refractivity (Wildman–Crippen MR) is 174 cm³/mol. The number of aliphatic hydroxyl groups is 1. The van der Waals surface area contributed by atoms with Crippen molar-refractivity contribution in [2.45, 2.75) is 110 Å². The number of amides is 4. The molecule has 0 radical (unpaired) electrons. The van der Waals surface area contributed by atoms with Gasteiger partial charge in [-0.05, 0) is 37.2 Å². The van der Waals surface area contributed by atoms with E-state index >= 15 is 0 Å². The number of nitrogens with one attached hydrogen (secondary N) is 1. The number of likely N-dealkylation sites (tertiary alicyclic amines) is 1. The van der Waals surface area contributed by atoms with Crippen molar-refractivity contribution in [3.8, 4) is 0 Å². The van der Waals surface area contributed by atoms with E-state index in [4.69, 9.17) is 19.9 Å². The number of carbonyl (C=O) groups is 4. The predicted octanol–water partition coefficient (Wildman–Crippen LogP) is 3.26. The van der Waals surface area contributed by atoms with Gasteiger partial charge in [0, 0.05) is 27.8 Å². The molecule has 2 rings (SSSR count). The van der Waals surface area contributed by atoms with E-state index in [2.05, 4.69) is 5.32 Å². The van der Waals surface area contributed by atoms with Gasteiger partial charge in [0.15, 0.2) is 6.10 Å². The fraction of sp³-hybridized carbons (Fsp3) is 0.706. The van der Waals surface area contributed by atoms with Crippen molar-refractivity contribution in [2.24, 2.45) is 23.5 Å². The number of nitrogens with zero attached hydrogens (tertiary/aromatic N) is 2. The van der Waals surface area contributed by atoms with Crippen LogP contribution in [0, 0.1) is 17.8 Å². The lowest BCUT2D eigenvalue weighted by Crippen LogP contribution is -2.55. The molecule has 12 nitrogen and oxygen atoms in total. The minimum Gasteiger partial charge on any atom is -0.436 e. The summed E-state index contributed by atoms with van der Waals surface area (Å²) in [5.74, 6) is -1.84. The molecule has 0 bridgehead atoms. The number of benzene rings is 1. The molecular formula is C34H56N4O8. The van der Waals surface area contributed by atoms with Gasteiger partial charge in [0.1, 0.15) is 0 Å². The molecule has 1 aliphatic rings. The summed E-state index contributed by atoms with van der Waals surface area (Å²) in [5, 5.41) is 13.7. The number of aliphatic hydroxyl groups excluding tert-OH is 1. The standard InChI is InChI=1S/C34H56N4O8/c1-10-21(4)28(37(7)33(42)30(20(2)3)46-34(35)43)26(44-8)19-27(39)38-18-14-17-25(38)31(45-9)22(5)32(41)36-23(6)29(40)24-15-12-11-13-16-24/h11-13,15-16,20-23,25-26,28-31,40H,10,14,17-19H2,1-9H3,(H2,35,43)(H,36,41)/t21-,22+,23+,25-,26+,28-,29+,30-,31+/m0/s1. The first-order chi connectivity index (χ1) is 21.7. The summed E-state index contributed by atoms with van der Waals surface area (Å²) >= 11 is 0. The van der Waals surface area contributed by atoms with Crippen molar-refractivity contribution in [3.05, 3.63) is 35.9 Å². The molecule has 260 valence electrons. The zero-order chi connectivity index (χ0) is 34.7. The van der Waals surface area contributed by atoms with Gasteiger partial charge in [0.2, 0.25) is 11.8 Å². The Morgan fingerprint density at radius 2 is 1.70 bits per heavy atom. The molecule has 1 fully saturated rings. The first-order valence-corrected chi connectivity index (χ1v) is 16.3.